The van der Waals surface area contributed by atoms with Crippen LogP contribution in [0.1, 0.15) is 54.5 Å². The molecule has 0 spiro atoms. The van der Waals surface area contributed by atoms with Crippen molar-refractivity contribution in [2.45, 2.75) is 44.1 Å². The molecule has 0 saturated carbocycles. The molecule has 1 aliphatic heterocycles. The van der Waals surface area contributed by atoms with Gasteiger partial charge in [0.25, 0.3) is 0 Å². The first-order chi connectivity index (χ1) is 11.3. The summed E-state index contributed by atoms with van der Waals surface area (Å²) >= 11 is 0. The Kier molecular flexibility index (Phi) is 3.77. The maximum atomic E-state index is 12.9. The minimum atomic E-state index is -0.0890. The molecule has 0 radical (unpaired) electrons. The van der Waals surface area contributed by atoms with Gasteiger partial charge in [-0.05, 0) is 38.2 Å². The van der Waals surface area contributed by atoms with E-state index in [2.05, 4.69) is 21.6 Å². The van der Waals surface area contributed by atoms with Crippen LogP contribution in [-0.2, 0) is 11.2 Å². The zero-order chi connectivity index (χ0) is 15.6. The summed E-state index contributed by atoms with van der Waals surface area (Å²) in [5.74, 6) is 0.908. The second-order valence-corrected chi connectivity index (χ2v) is 6.34. The molecule has 2 atom stereocenters. The minimum absolute atomic E-state index is 0.0264. The van der Waals surface area contributed by atoms with Gasteiger partial charge in [0.2, 0.25) is 5.91 Å². The summed E-state index contributed by atoms with van der Waals surface area (Å²) < 4.78 is 5.78. The number of hydrogen-bond acceptors (Lipinski definition) is 3. The van der Waals surface area contributed by atoms with Gasteiger partial charge in [-0.15, -0.1) is 0 Å². The largest absolute Gasteiger partial charge is 0.493 e. The highest BCUT2D eigenvalue weighted by atomic mass is 16.5. The lowest BCUT2D eigenvalue weighted by Crippen LogP contribution is -2.34. The standard InChI is InChI=1S/C18H21N3O2/c22-18(12-6-3-7-16-14(12)11-19-21-16)20-15-8-4-10-23-17-9-2-1-5-13(15)17/h1-2,5,9,11-12,15H,3-4,6-8,10H2,(H,19,21)(H,20,22)/t12-,15+/m1/s1. The Morgan fingerprint density at radius 1 is 1.22 bits per heavy atom. The predicted octanol–water partition coefficient (Wildman–Crippen LogP) is 2.86. The fourth-order valence-electron chi connectivity index (χ4n) is 3.68. The van der Waals surface area contributed by atoms with Gasteiger partial charge in [-0.25, -0.2) is 0 Å². The molecular formula is C18H21N3O2. The molecule has 4 rings (SSSR count). The van der Waals surface area contributed by atoms with Crippen molar-refractivity contribution in [1.82, 2.24) is 15.5 Å². The van der Waals surface area contributed by atoms with Crippen LogP contribution in [0.3, 0.4) is 0 Å². The maximum absolute atomic E-state index is 12.9. The van der Waals surface area contributed by atoms with E-state index in [4.69, 9.17) is 4.74 Å². The van der Waals surface area contributed by atoms with Crippen LogP contribution in [-0.4, -0.2) is 22.7 Å². The minimum Gasteiger partial charge on any atom is -0.493 e. The Morgan fingerprint density at radius 2 is 2.13 bits per heavy atom. The second kappa shape index (κ2) is 6.07. The molecule has 5 nitrogen and oxygen atoms in total. The number of carbonyl (C=O) groups is 1. The Labute approximate surface area is 135 Å². The number of fused-ring (bicyclic) bond motifs is 2. The molecule has 0 fully saturated rings. The van der Waals surface area contributed by atoms with E-state index in [1.807, 2.05) is 24.4 Å². The molecule has 5 heteroatoms. The molecule has 120 valence electrons. The number of rotatable bonds is 2. The van der Waals surface area contributed by atoms with Gasteiger partial charge in [0.15, 0.2) is 0 Å². The highest BCUT2D eigenvalue weighted by Gasteiger charge is 2.30. The Hall–Kier alpha value is -2.30. The van der Waals surface area contributed by atoms with Crippen LogP contribution in [0.5, 0.6) is 5.75 Å². The van der Waals surface area contributed by atoms with E-state index < -0.39 is 0 Å². The average molecular weight is 311 g/mol. The number of aromatic amines is 1. The van der Waals surface area contributed by atoms with E-state index in [0.29, 0.717) is 6.61 Å². The van der Waals surface area contributed by atoms with Crippen molar-refractivity contribution in [2.24, 2.45) is 0 Å². The van der Waals surface area contributed by atoms with Gasteiger partial charge in [0.1, 0.15) is 5.75 Å². The molecule has 1 aliphatic carbocycles. The summed E-state index contributed by atoms with van der Waals surface area (Å²) in [6.45, 7) is 0.707. The van der Waals surface area contributed by atoms with E-state index in [0.717, 1.165) is 54.7 Å². The third-order valence-corrected chi connectivity index (χ3v) is 4.87. The summed E-state index contributed by atoms with van der Waals surface area (Å²) in [6.07, 6.45) is 6.57. The van der Waals surface area contributed by atoms with Crippen LogP contribution in [0.15, 0.2) is 30.5 Å². The number of nitrogens with zero attached hydrogens (tertiary/aromatic N) is 1. The number of aromatic nitrogens is 2. The number of benzene rings is 1. The van der Waals surface area contributed by atoms with Gasteiger partial charge in [0, 0.05) is 16.8 Å². The number of para-hydroxylation sites is 1. The highest BCUT2D eigenvalue weighted by molar-refractivity contribution is 5.84. The van der Waals surface area contributed by atoms with Gasteiger partial charge in [-0.3, -0.25) is 9.89 Å². The van der Waals surface area contributed by atoms with Crippen LogP contribution in [0.2, 0.25) is 0 Å². The zero-order valence-corrected chi connectivity index (χ0v) is 13.0. The molecule has 0 unspecified atom stereocenters. The van der Waals surface area contributed by atoms with Gasteiger partial charge in [-0.1, -0.05) is 18.2 Å². The number of hydrogen-bond donors (Lipinski definition) is 2. The van der Waals surface area contributed by atoms with Crippen molar-refractivity contribution >= 4 is 5.91 Å². The number of nitrogens with one attached hydrogen (secondary N) is 2. The molecule has 0 bridgehead atoms. The van der Waals surface area contributed by atoms with Crippen molar-refractivity contribution in [3.63, 3.8) is 0 Å². The first-order valence-corrected chi connectivity index (χ1v) is 8.37. The number of amides is 1. The van der Waals surface area contributed by atoms with Crippen LogP contribution in [0.25, 0.3) is 0 Å². The predicted molar refractivity (Wildman–Crippen MR) is 86.3 cm³/mol. The van der Waals surface area contributed by atoms with E-state index >= 15 is 0 Å². The number of ether oxygens (including phenoxy) is 1. The van der Waals surface area contributed by atoms with E-state index in [1.165, 1.54) is 0 Å². The number of carbonyl (C=O) groups excluding carboxylic acids is 1. The van der Waals surface area contributed by atoms with E-state index in [-0.39, 0.29) is 17.9 Å². The van der Waals surface area contributed by atoms with Crippen LogP contribution < -0.4 is 10.1 Å². The molecule has 2 aromatic rings. The number of H-pyrrole nitrogens is 1. The van der Waals surface area contributed by atoms with Crippen LogP contribution >= 0.6 is 0 Å². The summed E-state index contributed by atoms with van der Waals surface area (Å²) in [5, 5.41) is 10.4. The smallest absolute Gasteiger partial charge is 0.228 e. The molecule has 2 aliphatic rings. The SMILES string of the molecule is O=C(N[C@H]1CCCOc2ccccc21)[C@@H]1CCCc2[nH]ncc21. The molecule has 2 heterocycles. The van der Waals surface area contributed by atoms with Crippen LogP contribution in [0.4, 0.5) is 0 Å². The molecule has 0 saturated heterocycles. The first kappa shape index (κ1) is 14.3. The Bertz CT molecular complexity index is 710. The highest BCUT2D eigenvalue weighted by Crippen LogP contribution is 2.34. The van der Waals surface area contributed by atoms with Crippen molar-refractivity contribution in [3.05, 3.63) is 47.3 Å². The zero-order valence-electron chi connectivity index (χ0n) is 13.0. The Balaban J connectivity index is 1.56. The summed E-state index contributed by atoms with van der Waals surface area (Å²) in [6, 6.07) is 8.03. The van der Waals surface area contributed by atoms with E-state index in [9.17, 15) is 4.79 Å². The van der Waals surface area contributed by atoms with Crippen molar-refractivity contribution in [3.8, 4) is 5.75 Å². The summed E-state index contributed by atoms with van der Waals surface area (Å²) in [7, 11) is 0. The van der Waals surface area contributed by atoms with E-state index in [1.54, 1.807) is 0 Å². The third kappa shape index (κ3) is 2.71. The van der Waals surface area contributed by atoms with Crippen LogP contribution in [0, 0.1) is 0 Å². The van der Waals surface area contributed by atoms with Gasteiger partial charge < -0.3 is 10.1 Å². The topological polar surface area (TPSA) is 67.0 Å². The fraction of sp³-hybridized carbons (Fsp3) is 0.444. The maximum Gasteiger partial charge on any atom is 0.228 e. The average Bonchev–Trinajstić information content (AvgIpc) is 2.97. The monoisotopic (exact) mass is 311 g/mol. The molecular weight excluding hydrogens is 290 g/mol. The molecule has 1 amide bonds. The summed E-state index contributed by atoms with van der Waals surface area (Å²) in [5.41, 5.74) is 3.26. The molecule has 23 heavy (non-hydrogen) atoms. The van der Waals surface area contributed by atoms with Gasteiger partial charge >= 0.3 is 0 Å². The van der Waals surface area contributed by atoms with Crippen molar-refractivity contribution < 1.29 is 9.53 Å². The van der Waals surface area contributed by atoms with Gasteiger partial charge in [0.05, 0.1) is 24.8 Å². The third-order valence-electron chi connectivity index (χ3n) is 4.87. The van der Waals surface area contributed by atoms with Crippen molar-refractivity contribution in [2.75, 3.05) is 6.61 Å². The normalized spacial score (nSPS) is 23.1. The lowest BCUT2D eigenvalue weighted by molar-refractivity contribution is -0.123. The quantitative estimate of drug-likeness (QED) is 0.896. The lowest BCUT2D eigenvalue weighted by atomic mass is 9.86. The number of aryl methyl sites for hydroxylation is 1. The summed E-state index contributed by atoms with van der Waals surface area (Å²) in [4.78, 5) is 12.9. The van der Waals surface area contributed by atoms with Crippen molar-refractivity contribution in [1.29, 1.82) is 0 Å². The van der Waals surface area contributed by atoms with Gasteiger partial charge in [-0.2, -0.15) is 5.10 Å². The first-order valence-electron chi connectivity index (χ1n) is 8.37. The molecule has 1 aromatic heterocycles. The fourth-order valence-corrected chi connectivity index (χ4v) is 3.68. The Morgan fingerprint density at radius 3 is 3.09 bits per heavy atom. The molecule has 1 aromatic carbocycles. The second-order valence-electron chi connectivity index (χ2n) is 6.34. The lowest BCUT2D eigenvalue weighted by Gasteiger charge is -2.25. The molecule has 2 N–H and O–H groups in total.